The number of nitrogens with one attached hydrogen (secondary N) is 5. The van der Waals surface area contributed by atoms with Crippen LogP contribution in [0.25, 0.3) is 0 Å². The zero-order chi connectivity index (χ0) is 41.6. The van der Waals surface area contributed by atoms with Gasteiger partial charge in [-0.3, -0.25) is 38.3 Å². The van der Waals surface area contributed by atoms with Crippen LogP contribution in [-0.4, -0.2) is 89.9 Å². The molecule has 2 aliphatic rings. The fraction of sp³-hybridized carbons (Fsp3) is 0.341. The van der Waals surface area contributed by atoms with Crippen molar-refractivity contribution < 1.29 is 38.2 Å². The van der Waals surface area contributed by atoms with E-state index in [9.17, 15) is 33.6 Å². The monoisotopic (exact) mass is 797 g/mol. The van der Waals surface area contributed by atoms with Gasteiger partial charge in [-0.25, -0.2) is 4.79 Å². The fourth-order valence-electron chi connectivity index (χ4n) is 6.15. The highest BCUT2D eigenvalue weighted by Gasteiger charge is 2.27. The molecule has 3 heterocycles. The second-order valence-electron chi connectivity index (χ2n) is 13.6. The largest absolute Gasteiger partial charge is 0.496 e. The van der Waals surface area contributed by atoms with Gasteiger partial charge in [0.15, 0.2) is 11.5 Å². The number of aromatic nitrogens is 2. The lowest BCUT2D eigenvalue weighted by molar-refractivity contribution is -0.138. The molecule has 2 atom stereocenters. The topological polar surface area (TPSA) is 219 Å². The summed E-state index contributed by atoms with van der Waals surface area (Å²) in [4.78, 5) is 94.7. The minimum absolute atomic E-state index is 0.0463. The van der Waals surface area contributed by atoms with E-state index in [1.165, 1.54) is 38.3 Å². The molecule has 0 aliphatic carbocycles. The molecule has 5 N–H and O–H groups in total. The van der Waals surface area contributed by atoms with Crippen LogP contribution in [0.5, 0.6) is 23.0 Å². The molecule has 5 amide bonds. The Morgan fingerprint density at radius 1 is 0.845 bits per heavy atom. The second-order valence-corrected chi connectivity index (χ2v) is 13.6. The van der Waals surface area contributed by atoms with Crippen molar-refractivity contribution in [1.29, 1.82) is 0 Å². The molecule has 4 bridgehead atoms. The molecule has 0 fully saturated rings. The van der Waals surface area contributed by atoms with Crippen LogP contribution in [0.4, 0.5) is 0 Å². The van der Waals surface area contributed by atoms with E-state index in [1.807, 2.05) is 30.3 Å². The molecule has 0 radical (unpaired) electrons. The molecule has 6 rings (SSSR count). The Kier molecular flexibility index (Phi) is 14.8. The number of carbonyl (C=O) groups is 5. The summed E-state index contributed by atoms with van der Waals surface area (Å²) >= 11 is 0. The third-order valence-electron chi connectivity index (χ3n) is 9.36. The maximum atomic E-state index is 13.7. The van der Waals surface area contributed by atoms with E-state index in [2.05, 4.69) is 26.3 Å². The molecule has 2 aliphatic heterocycles. The summed E-state index contributed by atoms with van der Waals surface area (Å²) in [5, 5.41) is 11.1. The minimum atomic E-state index is -1.09. The summed E-state index contributed by atoms with van der Waals surface area (Å²) in [5.74, 6) is -1.31. The number of rotatable bonds is 7. The number of hydrogen-bond donors (Lipinski definition) is 5. The SMILES string of the molecule is COc1cc2ccc1CNC(=O)[C@H](C)NC(=O)[C@H](CCc1ccccc1)NC(=O)CN(C(=O)Cn1ccc(=O)[nH]c1=O)CCCCNC(=O)c1ccc(OC)c(c1)O2. The molecule has 0 saturated heterocycles. The lowest BCUT2D eigenvalue weighted by atomic mass is 10.0. The molecule has 17 nitrogen and oxygen atoms in total. The fourth-order valence-corrected chi connectivity index (χ4v) is 6.15. The average Bonchev–Trinajstić information content (AvgIpc) is 3.21. The number of ether oxygens (including phenoxy) is 3. The highest BCUT2D eigenvalue weighted by molar-refractivity contribution is 5.95. The van der Waals surface area contributed by atoms with E-state index in [0.717, 1.165) is 16.2 Å². The van der Waals surface area contributed by atoms with Crippen LogP contribution in [-0.2, 0) is 38.7 Å². The van der Waals surface area contributed by atoms with E-state index in [4.69, 9.17) is 14.2 Å². The van der Waals surface area contributed by atoms with Crippen molar-refractivity contribution in [2.45, 2.75) is 57.8 Å². The summed E-state index contributed by atoms with van der Waals surface area (Å²) < 4.78 is 18.2. The standard InChI is InChI=1S/C41H47N7O10/c1-26-38(52)43-23-29-12-14-30(22-33(29)57-3)58-34-21-28(13-16-32(34)56-2)39(53)42-18-7-8-19-47(37(51)25-48-20-17-35(49)46-41(48)55)24-36(50)45-31(40(54)44-26)15-11-27-9-5-4-6-10-27/h4-6,9-10,12-14,16-17,20-22,26,31H,7-8,11,15,18-19,23-25H2,1-3H3,(H,42,53)(H,43,52)(H,44,54)(H,45,50)(H,46,49,55)/t26-,31-/m0/s1. The van der Waals surface area contributed by atoms with Gasteiger partial charge in [0.2, 0.25) is 23.6 Å². The second kappa shape index (κ2) is 20.3. The average molecular weight is 798 g/mol. The Morgan fingerprint density at radius 2 is 1.62 bits per heavy atom. The summed E-state index contributed by atoms with van der Waals surface area (Å²) in [6.07, 6.45) is 2.53. The Labute approximate surface area is 334 Å². The molecule has 0 saturated carbocycles. The van der Waals surface area contributed by atoms with E-state index in [0.29, 0.717) is 47.6 Å². The summed E-state index contributed by atoms with van der Waals surface area (Å²) in [5.41, 5.74) is 0.406. The van der Waals surface area contributed by atoms with Gasteiger partial charge in [0, 0.05) is 49.1 Å². The molecule has 306 valence electrons. The highest BCUT2D eigenvalue weighted by atomic mass is 16.5. The molecule has 1 aromatic heterocycles. The Bertz CT molecular complexity index is 2220. The van der Waals surface area contributed by atoms with Crippen molar-refractivity contribution in [3.05, 3.63) is 117 Å². The third-order valence-corrected chi connectivity index (χ3v) is 9.36. The molecular weight excluding hydrogens is 750 g/mol. The number of hydrogen-bond acceptors (Lipinski definition) is 10. The lowest BCUT2D eigenvalue weighted by Crippen LogP contribution is -2.54. The van der Waals surface area contributed by atoms with Crippen LogP contribution in [0.2, 0.25) is 0 Å². The maximum absolute atomic E-state index is 13.7. The minimum Gasteiger partial charge on any atom is -0.496 e. The van der Waals surface area contributed by atoms with E-state index >= 15 is 0 Å². The number of aromatic amines is 1. The number of amides is 5. The zero-order valence-corrected chi connectivity index (χ0v) is 32.5. The van der Waals surface area contributed by atoms with Crippen molar-refractivity contribution in [3.63, 3.8) is 0 Å². The number of benzene rings is 3. The van der Waals surface area contributed by atoms with Gasteiger partial charge in [0.05, 0.1) is 20.8 Å². The van der Waals surface area contributed by atoms with Gasteiger partial charge in [0.25, 0.3) is 11.5 Å². The molecule has 17 heteroatoms. The molecule has 0 spiro atoms. The highest BCUT2D eigenvalue weighted by Crippen LogP contribution is 2.35. The Morgan fingerprint density at radius 3 is 2.36 bits per heavy atom. The van der Waals surface area contributed by atoms with Crippen LogP contribution < -0.4 is 46.7 Å². The smallest absolute Gasteiger partial charge is 0.328 e. The van der Waals surface area contributed by atoms with E-state index < -0.39 is 60.1 Å². The van der Waals surface area contributed by atoms with Crippen LogP contribution >= 0.6 is 0 Å². The first kappa shape index (κ1) is 42.2. The molecule has 0 unspecified atom stereocenters. The van der Waals surface area contributed by atoms with Crippen LogP contribution in [0.3, 0.4) is 0 Å². The van der Waals surface area contributed by atoms with Crippen LogP contribution in [0.1, 0.15) is 47.7 Å². The van der Waals surface area contributed by atoms with Gasteiger partial charge < -0.3 is 40.4 Å². The van der Waals surface area contributed by atoms with Crippen molar-refractivity contribution >= 4 is 29.5 Å². The summed E-state index contributed by atoms with van der Waals surface area (Å²) in [6.45, 7) is 0.904. The lowest BCUT2D eigenvalue weighted by Gasteiger charge is -2.25. The first-order valence-electron chi connectivity index (χ1n) is 18.7. The summed E-state index contributed by atoms with van der Waals surface area (Å²) in [6, 6.07) is 18.1. The summed E-state index contributed by atoms with van der Waals surface area (Å²) in [7, 11) is 2.95. The number of aryl methyl sites for hydroxylation is 1. The van der Waals surface area contributed by atoms with Gasteiger partial charge in [-0.2, -0.15) is 0 Å². The molecular formula is C41H47N7O10. The Hall–Kier alpha value is -6.91. The number of fused-ring (bicyclic) bond motifs is 18. The number of H-pyrrole nitrogens is 1. The zero-order valence-electron chi connectivity index (χ0n) is 32.5. The van der Waals surface area contributed by atoms with Crippen LogP contribution in [0.15, 0.2) is 88.6 Å². The van der Waals surface area contributed by atoms with E-state index in [-0.39, 0.29) is 37.7 Å². The molecule has 4 aromatic rings. The number of methoxy groups -OCH3 is 2. The van der Waals surface area contributed by atoms with Crippen molar-refractivity contribution in [3.8, 4) is 23.0 Å². The van der Waals surface area contributed by atoms with Crippen molar-refractivity contribution in [1.82, 2.24) is 35.7 Å². The number of carbonyl (C=O) groups excluding carboxylic acids is 5. The van der Waals surface area contributed by atoms with Gasteiger partial charge in [0.1, 0.15) is 30.1 Å². The Balaban J connectivity index is 1.41. The van der Waals surface area contributed by atoms with E-state index in [1.54, 1.807) is 30.3 Å². The van der Waals surface area contributed by atoms with Gasteiger partial charge in [-0.1, -0.05) is 30.3 Å². The first-order chi connectivity index (χ1) is 27.9. The molecule has 3 aromatic carbocycles. The van der Waals surface area contributed by atoms with Crippen molar-refractivity contribution in [2.24, 2.45) is 0 Å². The number of nitrogens with zero attached hydrogens (tertiary/aromatic N) is 2. The van der Waals surface area contributed by atoms with Gasteiger partial charge in [-0.05, 0) is 68.5 Å². The predicted octanol–water partition coefficient (Wildman–Crippen LogP) is 1.64. The quantitative estimate of drug-likeness (QED) is 0.170. The normalized spacial score (nSPS) is 17.3. The van der Waals surface area contributed by atoms with Crippen LogP contribution in [0, 0.1) is 0 Å². The molecule has 58 heavy (non-hydrogen) atoms. The maximum Gasteiger partial charge on any atom is 0.328 e. The third kappa shape index (κ3) is 11.8. The van der Waals surface area contributed by atoms with Gasteiger partial charge in [-0.15, -0.1) is 0 Å². The van der Waals surface area contributed by atoms with Gasteiger partial charge >= 0.3 is 5.69 Å². The van der Waals surface area contributed by atoms with Crippen molar-refractivity contribution in [2.75, 3.05) is 33.9 Å². The predicted molar refractivity (Wildman–Crippen MR) is 212 cm³/mol. The first-order valence-corrected chi connectivity index (χ1v) is 18.7.